The molecule has 4 rings (SSSR count). The van der Waals surface area contributed by atoms with Crippen LogP contribution in [0.25, 0.3) is 11.1 Å². The third kappa shape index (κ3) is 5.20. The largest absolute Gasteiger partial charge is 0.497 e. The van der Waals surface area contributed by atoms with E-state index in [1.165, 1.54) is 12.1 Å². The van der Waals surface area contributed by atoms with Crippen LogP contribution in [0.1, 0.15) is 24.5 Å². The van der Waals surface area contributed by atoms with Crippen molar-refractivity contribution in [1.82, 2.24) is 14.9 Å². The number of nitrogens with one attached hydrogen (secondary N) is 1. The molecule has 7 nitrogen and oxygen atoms in total. The highest BCUT2D eigenvalue weighted by molar-refractivity contribution is 5.92. The average molecular weight is 436 g/mol. The van der Waals surface area contributed by atoms with E-state index in [-0.39, 0.29) is 30.1 Å². The lowest BCUT2D eigenvalue weighted by Crippen LogP contribution is -2.40. The summed E-state index contributed by atoms with van der Waals surface area (Å²) < 4.78 is 19.0. The van der Waals surface area contributed by atoms with Crippen LogP contribution >= 0.6 is 0 Å². The number of aromatic nitrogens is 2. The highest BCUT2D eigenvalue weighted by Crippen LogP contribution is 2.33. The Hall–Kier alpha value is -3.52. The number of piperidine rings is 1. The van der Waals surface area contributed by atoms with Crippen molar-refractivity contribution in [3.63, 3.8) is 0 Å². The van der Waals surface area contributed by atoms with Gasteiger partial charge >= 0.3 is 0 Å². The van der Waals surface area contributed by atoms with Crippen LogP contribution in [0.4, 0.5) is 16.0 Å². The van der Waals surface area contributed by atoms with Crippen molar-refractivity contribution in [2.45, 2.75) is 18.8 Å². The zero-order chi connectivity index (χ0) is 22.5. The molecule has 8 heteroatoms. The summed E-state index contributed by atoms with van der Waals surface area (Å²) in [7, 11) is 1.60. The fraction of sp³-hybridized carbons (Fsp3) is 0.292. The monoisotopic (exact) mass is 435 g/mol. The number of likely N-dealkylation sites (tertiary alicyclic amines) is 1. The number of ether oxygens (including phenoxy) is 1. The number of anilines is 2. The molecule has 0 aliphatic carbocycles. The number of amides is 1. The van der Waals surface area contributed by atoms with Gasteiger partial charge in [0.05, 0.1) is 19.3 Å². The van der Waals surface area contributed by atoms with Crippen molar-refractivity contribution < 1.29 is 13.9 Å². The van der Waals surface area contributed by atoms with Crippen LogP contribution in [0.3, 0.4) is 0 Å². The molecule has 2 aromatic carbocycles. The number of carbonyl (C=O) groups is 1. The van der Waals surface area contributed by atoms with Gasteiger partial charge in [0.2, 0.25) is 11.9 Å². The van der Waals surface area contributed by atoms with Gasteiger partial charge in [-0.1, -0.05) is 12.1 Å². The topological polar surface area (TPSA) is 93.4 Å². The van der Waals surface area contributed by atoms with E-state index in [2.05, 4.69) is 20.2 Å². The number of halogens is 1. The van der Waals surface area contributed by atoms with E-state index >= 15 is 0 Å². The first-order valence-corrected chi connectivity index (χ1v) is 10.6. The number of hydrogen-bond acceptors (Lipinski definition) is 6. The summed E-state index contributed by atoms with van der Waals surface area (Å²) >= 11 is 0. The molecule has 0 unspecified atom stereocenters. The number of benzene rings is 2. The summed E-state index contributed by atoms with van der Waals surface area (Å²) in [6.07, 6.45) is 3.49. The fourth-order valence-electron chi connectivity index (χ4n) is 4.10. The quantitative estimate of drug-likeness (QED) is 0.613. The van der Waals surface area contributed by atoms with Crippen molar-refractivity contribution in [2.24, 2.45) is 0 Å². The van der Waals surface area contributed by atoms with Gasteiger partial charge in [-0.05, 0) is 61.3 Å². The lowest BCUT2D eigenvalue weighted by Gasteiger charge is -2.32. The Bertz CT molecular complexity index is 1090. The number of nitrogens with two attached hydrogens (primary N) is 1. The van der Waals surface area contributed by atoms with Gasteiger partial charge < -0.3 is 15.8 Å². The third-order valence-electron chi connectivity index (χ3n) is 5.61. The molecule has 2 heterocycles. The third-order valence-corrected chi connectivity index (χ3v) is 5.61. The Kier molecular flexibility index (Phi) is 6.61. The van der Waals surface area contributed by atoms with E-state index in [0.717, 1.165) is 47.6 Å². The maximum Gasteiger partial charge on any atom is 0.238 e. The summed E-state index contributed by atoms with van der Waals surface area (Å²) in [6.45, 7) is 1.76. The Morgan fingerprint density at radius 1 is 1.28 bits per heavy atom. The molecular weight excluding hydrogens is 409 g/mol. The van der Waals surface area contributed by atoms with Crippen molar-refractivity contribution in [1.29, 1.82) is 0 Å². The molecule has 0 spiro atoms. The summed E-state index contributed by atoms with van der Waals surface area (Å²) in [5.74, 6) is 0.602. The molecule has 32 heavy (non-hydrogen) atoms. The maximum atomic E-state index is 13.8. The zero-order valence-corrected chi connectivity index (χ0v) is 17.9. The number of carbonyl (C=O) groups excluding carboxylic acids is 1. The highest BCUT2D eigenvalue weighted by atomic mass is 19.1. The van der Waals surface area contributed by atoms with E-state index in [4.69, 9.17) is 10.5 Å². The second-order valence-corrected chi connectivity index (χ2v) is 7.89. The first-order chi connectivity index (χ1) is 15.5. The second-order valence-electron chi connectivity index (χ2n) is 7.89. The molecule has 3 aromatic rings. The molecule has 1 aromatic heterocycles. The van der Waals surface area contributed by atoms with E-state index in [1.807, 2.05) is 18.2 Å². The van der Waals surface area contributed by atoms with Crippen molar-refractivity contribution in [3.05, 3.63) is 66.2 Å². The van der Waals surface area contributed by atoms with Crippen LogP contribution in [-0.4, -0.2) is 47.5 Å². The summed E-state index contributed by atoms with van der Waals surface area (Å²) in [5, 5.41) is 2.92. The van der Waals surface area contributed by atoms with Gasteiger partial charge in [0, 0.05) is 29.9 Å². The highest BCUT2D eigenvalue weighted by Gasteiger charge is 2.26. The normalized spacial score (nSPS) is 16.5. The minimum Gasteiger partial charge on any atom is -0.497 e. The first kappa shape index (κ1) is 21.7. The van der Waals surface area contributed by atoms with Gasteiger partial charge in [-0.15, -0.1) is 0 Å². The fourth-order valence-corrected chi connectivity index (χ4v) is 4.10. The van der Waals surface area contributed by atoms with E-state index in [9.17, 15) is 9.18 Å². The van der Waals surface area contributed by atoms with Crippen LogP contribution in [0.5, 0.6) is 5.75 Å². The van der Waals surface area contributed by atoms with Gasteiger partial charge in [0.25, 0.3) is 0 Å². The van der Waals surface area contributed by atoms with Gasteiger partial charge in [-0.3, -0.25) is 9.69 Å². The molecule has 0 saturated carbocycles. The van der Waals surface area contributed by atoms with E-state index in [0.29, 0.717) is 6.54 Å². The van der Waals surface area contributed by atoms with Crippen LogP contribution in [0.2, 0.25) is 0 Å². The molecule has 166 valence electrons. The molecule has 1 aliphatic rings. The predicted octanol–water partition coefficient (Wildman–Crippen LogP) is 3.69. The van der Waals surface area contributed by atoms with Crippen molar-refractivity contribution in [2.75, 3.05) is 37.8 Å². The summed E-state index contributed by atoms with van der Waals surface area (Å²) in [4.78, 5) is 23.3. The SMILES string of the molecule is COc1ccc(NC(=O)CN2CCC[C@@H](c3nc(N)ncc3-c3cccc(F)c3)C2)cc1. The number of nitrogen functional groups attached to an aromatic ring is 1. The maximum absolute atomic E-state index is 13.8. The van der Waals surface area contributed by atoms with Crippen molar-refractivity contribution >= 4 is 17.5 Å². The Labute approximate surface area is 186 Å². The standard InChI is InChI=1S/C24H26FN5O2/c1-32-20-9-7-19(8-10-20)28-22(31)15-30-11-3-5-17(14-30)23-21(13-27-24(26)29-23)16-4-2-6-18(25)12-16/h2,4,6-10,12-13,17H,3,5,11,14-15H2,1H3,(H,28,31)(H2,26,27,29)/t17-/m1/s1. The molecular formula is C24H26FN5O2. The zero-order valence-electron chi connectivity index (χ0n) is 17.9. The number of nitrogens with zero attached hydrogens (tertiary/aromatic N) is 3. The second kappa shape index (κ2) is 9.74. The van der Waals surface area contributed by atoms with Gasteiger partial charge in [-0.25, -0.2) is 14.4 Å². The minimum absolute atomic E-state index is 0.0705. The predicted molar refractivity (Wildman–Crippen MR) is 122 cm³/mol. The lowest BCUT2D eigenvalue weighted by molar-refractivity contribution is -0.117. The molecule has 1 saturated heterocycles. The first-order valence-electron chi connectivity index (χ1n) is 10.6. The van der Waals surface area contributed by atoms with Gasteiger partial charge in [-0.2, -0.15) is 0 Å². The minimum atomic E-state index is -0.314. The number of hydrogen-bond donors (Lipinski definition) is 2. The van der Waals surface area contributed by atoms with Crippen LogP contribution in [0, 0.1) is 5.82 Å². The number of rotatable bonds is 6. The molecule has 1 fully saturated rings. The Balaban J connectivity index is 1.47. The Morgan fingerprint density at radius 2 is 2.09 bits per heavy atom. The molecule has 1 atom stereocenters. The van der Waals surface area contributed by atoms with Crippen LogP contribution in [-0.2, 0) is 4.79 Å². The van der Waals surface area contributed by atoms with Gasteiger partial charge in [0.1, 0.15) is 11.6 Å². The molecule has 0 bridgehead atoms. The van der Waals surface area contributed by atoms with E-state index in [1.54, 1.807) is 31.5 Å². The number of methoxy groups -OCH3 is 1. The van der Waals surface area contributed by atoms with Crippen molar-refractivity contribution in [3.8, 4) is 16.9 Å². The summed E-state index contributed by atoms with van der Waals surface area (Å²) in [6, 6.07) is 13.6. The lowest BCUT2D eigenvalue weighted by atomic mass is 9.90. The molecule has 1 aliphatic heterocycles. The van der Waals surface area contributed by atoms with Crippen LogP contribution < -0.4 is 15.8 Å². The Morgan fingerprint density at radius 3 is 2.84 bits per heavy atom. The smallest absolute Gasteiger partial charge is 0.238 e. The average Bonchev–Trinajstić information content (AvgIpc) is 2.79. The van der Waals surface area contributed by atoms with Crippen LogP contribution in [0.15, 0.2) is 54.7 Å². The van der Waals surface area contributed by atoms with E-state index < -0.39 is 0 Å². The summed E-state index contributed by atoms with van der Waals surface area (Å²) in [5.41, 5.74) is 8.89. The molecule has 0 radical (unpaired) electrons. The molecule has 1 amide bonds. The molecule has 3 N–H and O–H groups in total. The van der Waals surface area contributed by atoms with Gasteiger partial charge in [0.15, 0.2) is 0 Å².